The summed E-state index contributed by atoms with van der Waals surface area (Å²) in [6.07, 6.45) is 0. The predicted molar refractivity (Wildman–Crippen MR) is 70.7 cm³/mol. The number of nitrogens with one attached hydrogen (secondary N) is 1. The zero-order chi connectivity index (χ0) is 13.6. The summed E-state index contributed by atoms with van der Waals surface area (Å²) in [4.78, 5) is 11.5. The predicted octanol–water partition coefficient (Wildman–Crippen LogP) is 1.39. The van der Waals surface area contributed by atoms with Crippen LogP contribution >= 0.6 is 0 Å². The number of ether oxygens (including phenoxy) is 2. The lowest BCUT2D eigenvalue weighted by atomic mass is 10.0. The third kappa shape index (κ3) is 3.63. The lowest BCUT2D eigenvalue weighted by molar-refractivity contribution is -0.123. The number of nitrogens with two attached hydrogens (primary N) is 1. The number of anilines is 1. The monoisotopic (exact) mass is 252 g/mol. The van der Waals surface area contributed by atoms with Crippen LogP contribution in [0.15, 0.2) is 24.3 Å². The van der Waals surface area contributed by atoms with Crippen molar-refractivity contribution in [3.8, 4) is 5.75 Å². The van der Waals surface area contributed by atoms with E-state index in [2.05, 4.69) is 5.32 Å². The van der Waals surface area contributed by atoms with Crippen molar-refractivity contribution in [3.63, 3.8) is 0 Å². The van der Waals surface area contributed by atoms with Crippen molar-refractivity contribution >= 4 is 11.6 Å². The van der Waals surface area contributed by atoms with Crippen LogP contribution in [0.2, 0.25) is 0 Å². The molecule has 5 nitrogen and oxygen atoms in total. The molecule has 1 unspecified atom stereocenters. The van der Waals surface area contributed by atoms with Crippen LogP contribution in [0, 0.1) is 0 Å². The summed E-state index contributed by atoms with van der Waals surface area (Å²) >= 11 is 0. The minimum atomic E-state index is -0.942. The molecular weight excluding hydrogens is 232 g/mol. The van der Waals surface area contributed by atoms with Crippen molar-refractivity contribution in [1.29, 1.82) is 0 Å². The number of hydrogen-bond donors (Lipinski definition) is 2. The van der Waals surface area contributed by atoms with Crippen molar-refractivity contribution in [3.05, 3.63) is 24.3 Å². The first-order valence-electron chi connectivity index (χ1n) is 5.81. The summed E-state index contributed by atoms with van der Waals surface area (Å²) in [7, 11) is 1.59. The number of rotatable bonds is 7. The molecule has 1 amide bonds. The fourth-order valence-corrected chi connectivity index (χ4v) is 1.49. The van der Waals surface area contributed by atoms with Gasteiger partial charge >= 0.3 is 0 Å². The van der Waals surface area contributed by atoms with Crippen molar-refractivity contribution < 1.29 is 14.3 Å². The average molecular weight is 252 g/mol. The minimum Gasteiger partial charge on any atom is -0.497 e. The molecule has 0 radical (unpaired) electrons. The van der Waals surface area contributed by atoms with E-state index in [1.54, 1.807) is 20.1 Å². The van der Waals surface area contributed by atoms with Gasteiger partial charge in [0.05, 0.1) is 13.7 Å². The van der Waals surface area contributed by atoms with E-state index in [0.717, 1.165) is 5.69 Å². The molecule has 0 saturated heterocycles. The van der Waals surface area contributed by atoms with Gasteiger partial charge in [-0.2, -0.15) is 0 Å². The Morgan fingerprint density at radius 3 is 2.78 bits per heavy atom. The van der Waals surface area contributed by atoms with Gasteiger partial charge < -0.3 is 20.5 Å². The van der Waals surface area contributed by atoms with Gasteiger partial charge in [0.25, 0.3) is 0 Å². The summed E-state index contributed by atoms with van der Waals surface area (Å²) in [5.74, 6) is 0.252. The van der Waals surface area contributed by atoms with Crippen molar-refractivity contribution in [2.24, 2.45) is 5.73 Å². The molecule has 0 bridgehead atoms. The fraction of sp³-hybridized carbons (Fsp3) is 0.462. The molecule has 0 heterocycles. The van der Waals surface area contributed by atoms with Crippen molar-refractivity contribution in [1.82, 2.24) is 0 Å². The highest BCUT2D eigenvalue weighted by Gasteiger charge is 2.31. The van der Waals surface area contributed by atoms with Crippen LogP contribution in [0.25, 0.3) is 0 Å². The Labute approximate surface area is 107 Å². The van der Waals surface area contributed by atoms with Gasteiger partial charge in [0.2, 0.25) is 5.91 Å². The molecule has 0 aliphatic carbocycles. The number of amides is 1. The van der Waals surface area contributed by atoms with Gasteiger partial charge in [-0.3, -0.25) is 4.79 Å². The van der Waals surface area contributed by atoms with E-state index in [9.17, 15) is 4.79 Å². The Morgan fingerprint density at radius 2 is 2.22 bits per heavy atom. The van der Waals surface area contributed by atoms with E-state index >= 15 is 0 Å². The van der Waals surface area contributed by atoms with Gasteiger partial charge in [0, 0.05) is 18.4 Å². The number of primary amides is 1. The molecule has 0 aromatic heterocycles. The number of hydrogen-bond acceptors (Lipinski definition) is 4. The zero-order valence-electron chi connectivity index (χ0n) is 11.0. The Bertz CT molecular complexity index is 409. The number of benzene rings is 1. The standard InChI is InChI=1S/C13H20N2O3/c1-4-18-9-13(2,12(14)16)15-10-6-5-7-11(8-10)17-3/h5-8,15H,4,9H2,1-3H3,(H2,14,16). The Morgan fingerprint density at radius 1 is 1.50 bits per heavy atom. The highest BCUT2D eigenvalue weighted by Crippen LogP contribution is 2.21. The molecule has 1 atom stereocenters. The fourth-order valence-electron chi connectivity index (χ4n) is 1.49. The van der Waals surface area contributed by atoms with E-state index in [-0.39, 0.29) is 6.61 Å². The van der Waals surface area contributed by atoms with Crippen LogP contribution in [0.3, 0.4) is 0 Å². The number of carbonyl (C=O) groups excluding carboxylic acids is 1. The van der Waals surface area contributed by atoms with Gasteiger partial charge in [-0.05, 0) is 26.0 Å². The molecule has 1 rings (SSSR count). The van der Waals surface area contributed by atoms with Crippen LogP contribution in [0.5, 0.6) is 5.75 Å². The van der Waals surface area contributed by atoms with E-state index in [0.29, 0.717) is 12.4 Å². The summed E-state index contributed by atoms with van der Waals surface area (Å²) in [6.45, 7) is 4.33. The average Bonchev–Trinajstić information content (AvgIpc) is 2.36. The number of methoxy groups -OCH3 is 1. The third-order valence-corrected chi connectivity index (χ3v) is 2.63. The lowest BCUT2D eigenvalue weighted by Crippen LogP contribution is -2.51. The lowest BCUT2D eigenvalue weighted by Gasteiger charge is -2.28. The van der Waals surface area contributed by atoms with Crippen LogP contribution in [-0.4, -0.2) is 31.8 Å². The molecule has 18 heavy (non-hydrogen) atoms. The first kappa shape index (κ1) is 14.3. The molecule has 0 aliphatic heterocycles. The second-order valence-corrected chi connectivity index (χ2v) is 4.19. The number of carbonyl (C=O) groups is 1. The summed E-state index contributed by atoms with van der Waals surface area (Å²) in [5.41, 5.74) is 5.23. The molecule has 0 saturated carbocycles. The molecule has 3 N–H and O–H groups in total. The molecule has 0 spiro atoms. The first-order chi connectivity index (χ1) is 8.51. The molecule has 100 valence electrons. The second kappa shape index (κ2) is 6.26. The zero-order valence-corrected chi connectivity index (χ0v) is 11.0. The quantitative estimate of drug-likeness (QED) is 0.769. The Kier molecular flexibility index (Phi) is 4.97. The molecule has 1 aromatic carbocycles. The summed E-state index contributed by atoms with van der Waals surface area (Å²) in [6, 6.07) is 7.31. The van der Waals surface area contributed by atoms with Gasteiger partial charge in [0.15, 0.2) is 0 Å². The Hall–Kier alpha value is -1.75. The van der Waals surface area contributed by atoms with Gasteiger partial charge in [0.1, 0.15) is 11.3 Å². The van der Waals surface area contributed by atoms with Crippen molar-refractivity contribution in [2.45, 2.75) is 19.4 Å². The third-order valence-electron chi connectivity index (χ3n) is 2.63. The maximum atomic E-state index is 11.5. The maximum Gasteiger partial charge on any atom is 0.245 e. The SMILES string of the molecule is CCOCC(C)(Nc1cccc(OC)c1)C(N)=O. The molecular formula is C13H20N2O3. The summed E-state index contributed by atoms with van der Waals surface area (Å²) in [5, 5.41) is 3.08. The van der Waals surface area contributed by atoms with Gasteiger partial charge in [-0.25, -0.2) is 0 Å². The molecule has 5 heteroatoms. The van der Waals surface area contributed by atoms with E-state index < -0.39 is 11.4 Å². The normalized spacial score (nSPS) is 13.7. The topological polar surface area (TPSA) is 73.6 Å². The molecule has 0 aliphatic rings. The summed E-state index contributed by atoms with van der Waals surface area (Å²) < 4.78 is 10.4. The van der Waals surface area contributed by atoms with Gasteiger partial charge in [-0.15, -0.1) is 0 Å². The maximum absolute atomic E-state index is 11.5. The minimum absolute atomic E-state index is 0.218. The molecule has 1 aromatic rings. The van der Waals surface area contributed by atoms with Crippen LogP contribution < -0.4 is 15.8 Å². The Balaban J connectivity index is 2.85. The van der Waals surface area contributed by atoms with E-state index in [1.807, 2.05) is 25.1 Å². The van der Waals surface area contributed by atoms with Crippen LogP contribution in [0.1, 0.15) is 13.8 Å². The van der Waals surface area contributed by atoms with Crippen LogP contribution in [0.4, 0.5) is 5.69 Å². The highest BCUT2D eigenvalue weighted by molar-refractivity contribution is 5.87. The smallest absolute Gasteiger partial charge is 0.245 e. The molecule has 0 fully saturated rings. The van der Waals surface area contributed by atoms with E-state index in [4.69, 9.17) is 15.2 Å². The first-order valence-corrected chi connectivity index (χ1v) is 5.81. The highest BCUT2D eigenvalue weighted by atomic mass is 16.5. The largest absolute Gasteiger partial charge is 0.497 e. The van der Waals surface area contributed by atoms with Crippen molar-refractivity contribution in [2.75, 3.05) is 25.6 Å². The van der Waals surface area contributed by atoms with Gasteiger partial charge in [-0.1, -0.05) is 6.07 Å². The van der Waals surface area contributed by atoms with Crippen LogP contribution in [-0.2, 0) is 9.53 Å². The second-order valence-electron chi connectivity index (χ2n) is 4.19. The van der Waals surface area contributed by atoms with E-state index in [1.165, 1.54) is 0 Å².